The van der Waals surface area contributed by atoms with Crippen molar-refractivity contribution in [3.8, 4) is 0 Å². The Labute approximate surface area is 96.2 Å². The van der Waals surface area contributed by atoms with E-state index in [0.29, 0.717) is 0 Å². The minimum absolute atomic E-state index is 0.118. The fourth-order valence-corrected chi connectivity index (χ4v) is 2.00. The Morgan fingerprint density at radius 1 is 1.33 bits per heavy atom. The Bertz CT molecular complexity index is 271. The molecule has 0 spiro atoms. The SMILES string of the molecule is CCOCCSc1ccc(C(C)N)cc1. The maximum atomic E-state index is 5.78. The van der Waals surface area contributed by atoms with Crippen molar-refractivity contribution in [2.75, 3.05) is 19.0 Å². The van der Waals surface area contributed by atoms with E-state index in [1.54, 1.807) is 0 Å². The second-order valence-corrected chi connectivity index (χ2v) is 4.57. The van der Waals surface area contributed by atoms with Crippen LogP contribution >= 0.6 is 11.8 Å². The molecular weight excluding hydrogens is 206 g/mol. The number of nitrogens with two attached hydrogens (primary N) is 1. The van der Waals surface area contributed by atoms with Gasteiger partial charge in [0.2, 0.25) is 0 Å². The molecule has 1 unspecified atom stereocenters. The van der Waals surface area contributed by atoms with Gasteiger partial charge in [0, 0.05) is 23.3 Å². The summed E-state index contributed by atoms with van der Waals surface area (Å²) in [6.07, 6.45) is 0. The van der Waals surface area contributed by atoms with Crippen molar-refractivity contribution in [2.24, 2.45) is 5.73 Å². The fraction of sp³-hybridized carbons (Fsp3) is 0.500. The first-order chi connectivity index (χ1) is 7.24. The van der Waals surface area contributed by atoms with Gasteiger partial charge in [0.25, 0.3) is 0 Å². The van der Waals surface area contributed by atoms with Crippen molar-refractivity contribution in [3.05, 3.63) is 29.8 Å². The van der Waals surface area contributed by atoms with Gasteiger partial charge >= 0.3 is 0 Å². The van der Waals surface area contributed by atoms with Crippen molar-refractivity contribution in [3.63, 3.8) is 0 Å². The van der Waals surface area contributed by atoms with E-state index in [4.69, 9.17) is 10.5 Å². The maximum Gasteiger partial charge on any atom is 0.0560 e. The van der Waals surface area contributed by atoms with Crippen LogP contribution in [0, 0.1) is 0 Å². The summed E-state index contributed by atoms with van der Waals surface area (Å²) in [5, 5.41) is 0. The van der Waals surface area contributed by atoms with Gasteiger partial charge in [0.15, 0.2) is 0 Å². The van der Waals surface area contributed by atoms with Crippen LogP contribution in [-0.4, -0.2) is 19.0 Å². The molecule has 0 fully saturated rings. The predicted molar refractivity (Wildman–Crippen MR) is 66.3 cm³/mol. The zero-order valence-electron chi connectivity index (χ0n) is 9.40. The molecule has 2 N–H and O–H groups in total. The van der Waals surface area contributed by atoms with Crippen molar-refractivity contribution in [1.29, 1.82) is 0 Å². The summed E-state index contributed by atoms with van der Waals surface area (Å²) in [5.74, 6) is 1.01. The normalized spacial score (nSPS) is 12.7. The van der Waals surface area contributed by atoms with Crippen LogP contribution in [0.1, 0.15) is 25.5 Å². The lowest BCUT2D eigenvalue weighted by Gasteiger charge is -2.06. The molecular formula is C12H19NOS. The predicted octanol–water partition coefficient (Wildman–Crippen LogP) is 2.83. The van der Waals surface area contributed by atoms with E-state index in [-0.39, 0.29) is 6.04 Å². The molecule has 0 aliphatic carbocycles. The molecule has 84 valence electrons. The van der Waals surface area contributed by atoms with Gasteiger partial charge in [-0.25, -0.2) is 0 Å². The monoisotopic (exact) mass is 225 g/mol. The first kappa shape index (κ1) is 12.6. The topological polar surface area (TPSA) is 35.2 Å². The van der Waals surface area contributed by atoms with Crippen LogP contribution in [0.2, 0.25) is 0 Å². The molecule has 0 radical (unpaired) electrons. The van der Waals surface area contributed by atoms with Gasteiger partial charge in [-0.15, -0.1) is 11.8 Å². The van der Waals surface area contributed by atoms with E-state index in [9.17, 15) is 0 Å². The van der Waals surface area contributed by atoms with Gasteiger partial charge in [-0.2, -0.15) is 0 Å². The van der Waals surface area contributed by atoms with Crippen LogP contribution in [0.5, 0.6) is 0 Å². The van der Waals surface area contributed by atoms with Gasteiger partial charge in [-0.3, -0.25) is 0 Å². The minimum atomic E-state index is 0.118. The molecule has 0 aliphatic rings. The fourth-order valence-electron chi connectivity index (χ4n) is 1.23. The Hall–Kier alpha value is -0.510. The van der Waals surface area contributed by atoms with E-state index < -0.39 is 0 Å². The highest BCUT2D eigenvalue weighted by atomic mass is 32.2. The number of hydrogen-bond donors (Lipinski definition) is 1. The first-order valence-corrected chi connectivity index (χ1v) is 6.28. The average molecular weight is 225 g/mol. The average Bonchev–Trinajstić information content (AvgIpc) is 2.25. The third-order valence-electron chi connectivity index (χ3n) is 2.11. The lowest BCUT2D eigenvalue weighted by atomic mass is 10.1. The van der Waals surface area contributed by atoms with E-state index in [1.807, 2.05) is 25.6 Å². The Kier molecular flexibility index (Phi) is 5.76. The molecule has 2 nitrogen and oxygen atoms in total. The van der Waals surface area contributed by atoms with E-state index in [0.717, 1.165) is 19.0 Å². The summed E-state index contributed by atoms with van der Waals surface area (Å²) in [6, 6.07) is 8.54. The van der Waals surface area contributed by atoms with Crippen LogP contribution in [0.15, 0.2) is 29.2 Å². The standard InChI is InChI=1S/C12H19NOS/c1-3-14-8-9-15-12-6-4-11(5-7-12)10(2)13/h4-7,10H,3,8-9,13H2,1-2H3. The lowest BCUT2D eigenvalue weighted by Crippen LogP contribution is -2.04. The highest BCUT2D eigenvalue weighted by molar-refractivity contribution is 7.99. The van der Waals surface area contributed by atoms with Crippen molar-refractivity contribution >= 4 is 11.8 Å². The Balaban J connectivity index is 2.36. The summed E-state index contributed by atoms with van der Waals surface area (Å²) in [6.45, 7) is 5.62. The lowest BCUT2D eigenvalue weighted by molar-refractivity contribution is 0.164. The summed E-state index contributed by atoms with van der Waals surface area (Å²) in [7, 11) is 0. The summed E-state index contributed by atoms with van der Waals surface area (Å²) < 4.78 is 5.28. The van der Waals surface area contributed by atoms with Crippen molar-refractivity contribution in [1.82, 2.24) is 0 Å². The van der Waals surface area contributed by atoms with Crippen LogP contribution < -0.4 is 5.73 Å². The summed E-state index contributed by atoms with van der Waals surface area (Å²) in [4.78, 5) is 1.28. The second kappa shape index (κ2) is 6.88. The van der Waals surface area contributed by atoms with Gasteiger partial charge < -0.3 is 10.5 Å². The van der Waals surface area contributed by atoms with Gasteiger partial charge in [0.1, 0.15) is 0 Å². The van der Waals surface area contributed by atoms with Gasteiger partial charge in [0.05, 0.1) is 6.61 Å². The van der Waals surface area contributed by atoms with Gasteiger partial charge in [-0.1, -0.05) is 12.1 Å². The molecule has 15 heavy (non-hydrogen) atoms. The largest absolute Gasteiger partial charge is 0.381 e. The summed E-state index contributed by atoms with van der Waals surface area (Å²) in [5.41, 5.74) is 6.96. The third-order valence-corrected chi connectivity index (χ3v) is 3.08. The van der Waals surface area contributed by atoms with Crippen molar-refractivity contribution in [2.45, 2.75) is 24.8 Å². The van der Waals surface area contributed by atoms with Crippen LogP contribution in [0.3, 0.4) is 0 Å². The van der Waals surface area contributed by atoms with Crippen LogP contribution in [0.4, 0.5) is 0 Å². The molecule has 0 aromatic heterocycles. The number of hydrogen-bond acceptors (Lipinski definition) is 3. The van der Waals surface area contributed by atoms with Crippen LogP contribution in [0.25, 0.3) is 0 Å². The molecule has 1 aromatic carbocycles. The van der Waals surface area contributed by atoms with E-state index in [2.05, 4.69) is 24.3 Å². The quantitative estimate of drug-likeness (QED) is 0.597. The first-order valence-electron chi connectivity index (χ1n) is 5.30. The third kappa shape index (κ3) is 4.69. The number of ether oxygens (including phenoxy) is 1. The minimum Gasteiger partial charge on any atom is -0.381 e. The molecule has 0 saturated heterocycles. The number of benzene rings is 1. The highest BCUT2D eigenvalue weighted by Crippen LogP contribution is 2.19. The van der Waals surface area contributed by atoms with Crippen LogP contribution in [-0.2, 0) is 4.74 Å². The van der Waals surface area contributed by atoms with E-state index in [1.165, 1.54) is 10.5 Å². The van der Waals surface area contributed by atoms with Crippen molar-refractivity contribution < 1.29 is 4.74 Å². The molecule has 1 aromatic rings. The molecule has 3 heteroatoms. The molecule has 0 bridgehead atoms. The zero-order chi connectivity index (χ0) is 11.1. The maximum absolute atomic E-state index is 5.78. The van der Waals surface area contributed by atoms with E-state index >= 15 is 0 Å². The molecule has 1 rings (SSSR count). The second-order valence-electron chi connectivity index (χ2n) is 3.40. The smallest absolute Gasteiger partial charge is 0.0560 e. The number of thioether (sulfide) groups is 1. The molecule has 0 aliphatic heterocycles. The molecule has 0 saturated carbocycles. The molecule has 0 heterocycles. The number of rotatable bonds is 6. The highest BCUT2D eigenvalue weighted by Gasteiger charge is 1.99. The molecule has 1 atom stereocenters. The Morgan fingerprint density at radius 2 is 2.00 bits per heavy atom. The molecule has 0 amide bonds. The van der Waals surface area contributed by atoms with Gasteiger partial charge in [-0.05, 0) is 31.5 Å². The Morgan fingerprint density at radius 3 is 2.53 bits per heavy atom. The zero-order valence-corrected chi connectivity index (χ0v) is 10.2. The summed E-state index contributed by atoms with van der Waals surface area (Å²) >= 11 is 1.81.